The number of aromatic nitrogens is 3. The zero-order chi connectivity index (χ0) is 17.3. The number of nitrogens with zero attached hydrogens (tertiary/aromatic N) is 5. The molecule has 142 valence electrons. The molecule has 1 atom stereocenters. The SMILES string of the molecule is CN=C(NCCCCn1cnnc1)N1CCC(Cc2ccccc2)C1.I. The van der Waals surface area contributed by atoms with Gasteiger partial charge in [-0.05, 0) is 37.2 Å². The van der Waals surface area contributed by atoms with Gasteiger partial charge in [0.2, 0.25) is 0 Å². The molecule has 0 spiro atoms. The number of hydrogen-bond acceptors (Lipinski definition) is 3. The van der Waals surface area contributed by atoms with E-state index in [1.165, 1.54) is 12.0 Å². The Balaban J connectivity index is 0.00000243. The molecule has 1 N–H and O–H groups in total. The molecule has 1 unspecified atom stereocenters. The van der Waals surface area contributed by atoms with Gasteiger partial charge >= 0.3 is 0 Å². The Morgan fingerprint density at radius 3 is 2.69 bits per heavy atom. The zero-order valence-electron chi connectivity index (χ0n) is 15.4. The van der Waals surface area contributed by atoms with Crippen LogP contribution in [0.15, 0.2) is 48.0 Å². The minimum Gasteiger partial charge on any atom is -0.356 e. The van der Waals surface area contributed by atoms with Gasteiger partial charge in [-0.3, -0.25) is 4.99 Å². The number of guanidine groups is 1. The van der Waals surface area contributed by atoms with Crippen molar-refractivity contribution >= 4 is 29.9 Å². The van der Waals surface area contributed by atoms with Crippen LogP contribution in [0.2, 0.25) is 0 Å². The zero-order valence-corrected chi connectivity index (χ0v) is 17.8. The lowest BCUT2D eigenvalue weighted by atomic mass is 9.99. The van der Waals surface area contributed by atoms with Gasteiger partial charge in [0.15, 0.2) is 5.96 Å². The van der Waals surface area contributed by atoms with Gasteiger partial charge in [0, 0.05) is 33.2 Å². The minimum atomic E-state index is 0. The molecule has 1 aromatic heterocycles. The van der Waals surface area contributed by atoms with Crippen LogP contribution in [-0.2, 0) is 13.0 Å². The van der Waals surface area contributed by atoms with Crippen LogP contribution in [0, 0.1) is 5.92 Å². The highest BCUT2D eigenvalue weighted by atomic mass is 127. The van der Waals surface area contributed by atoms with Crippen LogP contribution in [0.5, 0.6) is 0 Å². The van der Waals surface area contributed by atoms with E-state index < -0.39 is 0 Å². The summed E-state index contributed by atoms with van der Waals surface area (Å²) in [6, 6.07) is 10.8. The molecule has 0 saturated carbocycles. The predicted octanol–water partition coefficient (Wildman–Crippen LogP) is 2.82. The molecule has 2 heterocycles. The highest BCUT2D eigenvalue weighted by Crippen LogP contribution is 2.20. The molecule has 0 bridgehead atoms. The third-order valence-electron chi connectivity index (χ3n) is 4.76. The fourth-order valence-electron chi connectivity index (χ4n) is 3.43. The van der Waals surface area contributed by atoms with Crippen LogP contribution in [0.1, 0.15) is 24.8 Å². The number of likely N-dealkylation sites (tertiary alicyclic amines) is 1. The molecule has 1 aromatic carbocycles. The van der Waals surface area contributed by atoms with Crippen molar-refractivity contribution in [2.24, 2.45) is 10.9 Å². The topological polar surface area (TPSA) is 58.3 Å². The third-order valence-corrected chi connectivity index (χ3v) is 4.76. The molecule has 1 fully saturated rings. The molecular formula is C19H29IN6. The summed E-state index contributed by atoms with van der Waals surface area (Å²) in [6.07, 6.45) is 8.15. The molecule has 0 aliphatic carbocycles. The van der Waals surface area contributed by atoms with Crippen molar-refractivity contribution in [2.45, 2.75) is 32.2 Å². The Bertz CT molecular complexity index is 643. The van der Waals surface area contributed by atoms with E-state index in [0.717, 1.165) is 57.3 Å². The first-order valence-corrected chi connectivity index (χ1v) is 9.17. The summed E-state index contributed by atoms with van der Waals surface area (Å²) in [5.41, 5.74) is 1.44. The van der Waals surface area contributed by atoms with Crippen LogP contribution in [0.3, 0.4) is 0 Å². The van der Waals surface area contributed by atoms with E-state index in [4.69, 9.17) is 0 Å². The highest BCUT2D eigenvalue weighted by molar-refractivity contribution is 14.0. The molecule has 1 aliphatic heterocycles. The number of benzene rings is 1. The van der Waals surface area contributed by atoms with E-state index in [1.54, 1.807) is 12.7 Å². The molecule has 0 amide bonds. The molecule has 2 aromatic rings. The fourth-order valence-corrected chi connectivity index (χ4v) is 3.43. The Morgan fingerprint density at radius 2 is 1.96 bits per heavy atom. The number of hydrogen-bond donors (Lipinski definition) is 1. The Kier molecular flexibility index (Phi) is 8.87. The van der Waals surface area contributed by atoms with E-state index in [2.05, 4.69) is 55.7 Å². The second kappa shape index (κ2) is 11.2. The first kappa shape index (κ1) is 20.7. The fraction of sp³-hybridized carbons (Fsp3) is 0.526. The summed E-state index contributed by atoms with van der Waals surface area (Å²) >= 11 is 0. The minimum absolute atomic E-state index is 0. The van der Waals surface area contributed by atoms with Crippen molar-refractivity contribution in [1.82, 2.24) is 25.0 Å². The maximum absolute atomic E-state index is 4.47. The molecule has 1 saturated heterocycles. The van der Waals surface area contributed by atoms with Crippen molar-refractivity contribution in [3.05, 3.63) is 48.5 Å². The maximum atomic E-state index is 4.47. The van der Waals surface area contributed by atoms with Crippen LogP contribution in [0.25, 0.3) is 0 Å². The van der Waals surface area contributed by atoms with Gasteiger partial charge in [-0.2, -0.15) is 0 Å². The lowest BCUT2D eigenvalue weighted by Gasteiger charge is -2.21. The predicted molar refractivity (Wildman–Crippen MR) is 116 cm³/mol. The second-order valence-corrected chi connectivity index (χ2v) is 6.67. The molecular weight excluding hydrogens is 439 g/mol. The number of rotatable bonds is 7. The van der Waals surface area contributed by atoms with Gasteiger partial charge in [0.05, 0.1) is 0 Å². The van der Waals surface area contributed by atoms with Crippen molar-refractivity contribution in [3.8, 4) is 0 Å². The van der Waals surface area contributed by atoms with Gasteiger partial charge in [-0.25, -0.2) is 0 Å². The Hall–Kier alpha value is -1.64. The molecule has 1 aliphatic rings. The summed E-state index contributed by atoms with van der Waals surface area (Å²) in [6.45, 7) is 4.11. The molecule has 26 heavy (non-hydrogen) atoms. The lowest BCUT2D eigenvalue weighted by molar-refractivity contribution is 0.457. The molecule has 0 radical (unpaired) electrons. The summed E-state index contributed by atoms with van der Waals surface area (Å²) < 4.78 is 2.02. The normalized spacial score (nSPS) is 17.2. The van der Waals surface area contributed by atoms with Gasteiger partial charge in [0.25, 0.3) is 0 Å². The van der Waals surface area contributed by atoms with Gasteiger partial charge in [0.1, 0.15) is 12.7 Å². The van der Waals surface area contributed by atoms with E-state index >= 15 is 0 Å². The largest absolute Gasteiger partial charge is 0.356 e. The summed E-state index contributed by atoms with van der Waals surface area (Å²) in [7, 11) is 1.88. The third kappa shape index (κ3) is 6.26. The van der Waals surface area contributed by atoms with E-state index in [0.29, 0.717) is 0 Å². The van der Waals surface area contributed by atoms with Crippen molar-refractivity contribution < 1.29 is 0 Å². The molecule has 3 rings (SSSR count). The van der Waals surface area contributed by atoms with Gasteiger partial charge in [-0.1, -0.05) is 30.3 Å². The highest BCUT2D eigenvalue weighted by Gasteiger charge is 2.24. The Morgan fingerprint density at radius 1 is 1.19 bits per heavy atom. The van der Waals surface area contributed by atoms with Gasteiger partial charge in [-0.15, -0.1) is 34.2 Å². The van der Waals surface area contributed by atoms with Crippen molar-refractivity contribution in [2.75, 3.05) is 26.7 Å². The monoisotopic (exact) mass is 468 g/mol. The van der Waals surface area contributed by atoms with E-state index in [9.17, 15) is 0 Å². The van der Waals surface area contributed by atoms with Crippen molar-refractivity contribution in [3.63, 3.8) is 0 Å². The first-order chi connectivity index (χ1) is 12.3. The van der Waals surface area contributed by atoms with Gasteiger partial charge < -0.3 is 14.8 Å². The van der Waals surface area contributed by atoms with Crippen LogP contribution in [0.4, 0.5) is 0 Å². The maximum Gasteiger partial charge on any atom is 0.193 e. The second-order valence-electron chi connectivity index (χ2n) is 6.67. The molecule has 7 heteroatoms. The summed E-state index contributed by atoms with van der Waals surface area (Å²) in [4.78, 5) is 6.86. The van der Waals surface area contributed by atoms with Crippen LogP contribution < -0.4 is 5.32 Å². The van der Waals surface area contributed by atoms with E-state index in [-0.39, 0.29) is 24.0 Å². The number of unbranched alkanes of at least 4 members (excludes halogenated alkanes) is 1. The Labute approximate surface area is 173 Å². The summed E-state index contributed by atoms with van der Waals surface area (Å²) in [5, 5.41) is 11.2. The molecule has 6 nitrogen and oxygen atoms in total. The average molecular weight is 468 g/mol. The quantitative estimate of drug-likeness (QED) is 0.294. The standard InChI is InChI=1S/C19H28N6.HI/c1-20-19(21-10-5-6-11-24-15-22-23-16-24)25-12-9-18(14-25)13-17-7-3-2-4-8-17;/h2-4,7-8,15-16,18H,5-6,9-14H2,1H3,(H,20,21);1H. The first-order valence-electron chi connectivity index (χ1n) is 9.17. The van der Waals surface area contributed by atoms with Crippen molar-refractivity contribution in [1.29, 1.82) is 0 Å². The van der Waals surface area contributed by atoms with E-state index in [1.807, 2.05) is 11.6 Å². The average Bonchev–Trinajstić information content (AvgIpc) is 3.31. The number of nitrogens with one attached hydrogen (secondary N) is 1. The van der Waals surface area contributed by atoms with Crippen LogP contribution >= 0.6 is 24.0 Å². The summed E-state index contributed by atoms with van der Waals surface area (Å²) in [5.74, 6) is 1.76. The number of aliphatic imine (C=N–C) groups is 1. The smallest absolute Gasteiger partial charge is 0.193 e. The lowest BCUT2D eigenvalue weighted by Crippen LogP contribution is -2.40. The van der Waals surface area contributed by atoms with Crippen LogP contribution in [-0.4, -0.2) is 52.3 Å². The number of halogens is 1. The number of aryl methyl sites for hydroxylation is 1.